The number of hydrogen-bond donors (Lipinski definition) is 1. The van der Waals surface area contributed by atoms with E-state index in [0.29, 0.717) is 0 Å². The average molecular weight is 203 g/mol. The van der Waals surface area contributed by atoms with Gasteiger partial charge in [-0.3, -0.25) is 0 Å². The van der Waals surface area contributed by atoms with Gasteiger partial charge in [0.2, 0.25) is 0 Å². The Morgan fingerprint density at radius 1 is 1.54 bits per heavy atom. The summed E-state index contributed by atoms with van der Waals surface area (Å²) in [6.45, 7) is 0. The third-order valence-corrected chi connectivity index (χ3v) is 2.57. The van der Waals surface area contributed by atoms with Crippen LogP contribution in [0.3, 0.4) is 0 Å². The number of nitrogens with zero attached hydrogens (tertiary/aromatic N) is 1. The second-order valence-corrected chi connectivity index (χ2v) is 3.96. The Labute approximate surface area is 74.6 Å². The summed E-state index contributed by atoms with van der Waals surface area (Å²) >= 11 is 0. The van der Waals surface area contributed by atoms with E-state index in [1.165, 1.54) is 7.05 Å². The van der Waals surface area contributed by atoms with E-state index in [9.17, 15) is 18.3 Å². The first-order valence-electron chi connectivity index (χ1n) is 3.24. The molecular weight excluding hydrogens is 196 g/mol. The van der Waals surface area contributed by atoms with Crippen LogP contribution in [-0.4, -0.2) is 19.0 Å². The number of aromatic nitrogens is 1. The summed E-state index contributed by atoms with van der Waals surface area (Å²) in [6, 6.07) is 2.23. The molecule has 13 heavy (non-hydrogen) atoms. The molecule has 0 aliphatic heterocycles. The van der Waals surface area contributed by atoms with E-state index in [4.69, 9.17) is 5.14 Å². The molecule has 0 fully saturated rings. The quantitative estimate of drug-likeness (QED) is 0.602. The predicted molar refractivity (Wildman–Crippen MR) is 41.1 cm³/mol. The number of carbonyl (C=O) groups excluding carboxylic acids is 1. The SMILES string of the molecule is Cn1c(C(=O)[O-])ccc1S(N)(=O)=O. The minimum absolute atomic E-state index is 0.232. The highest BCUT2D eigenvalue weighted by Crippen LogP contribution is 2.10. The van der Waals surface area contributed by atoms with Gasteiger partial charge in [0, 0.05) is 7.05 Å². The highest BCUT2D eigenvalue weighted by molar-refractivity contribution is 7.89. The van der Waals surface area contributed by atoms with Crippen molar-refractivity contribution in [3.05, 3.63) is 17.8 Å². The van der Waals surface area contributed by atoms with Crippen LogP contribution in [-0.2, 0) is 17.1 Å². The molecule has 72 valence electrons. The van der Waals surface area contributed by atoms with E-state index in [1.807, 2.05) is 0 Å². The Kier molecular flexibility index (Phi) is 2.14. The molecule has 6 nitrogen and oxygen atoms in total. The molecule has 0 atom stereocenters. The van der Waals surface area contributed by atoms with Gasteiger partial charge in [-0.2, -0.15) is 0 Å². The smallest absolute Gasteiger partial charge is 0.253 e. The molecule has 0 bridgehead atoms. The molecule has 0 aliphatic carbocycles. The lowest BCUT2D eigenvalue weighted by Crippen LogP contribution is -2.26. The first-order valence-corrected chi connectivity index (χ1v) is 4.78. The van der Waals surface area contributed by atoms with Crippen molar-refractivity contribution in [2.75, 3.05) is 0 Å². The van der Waals surface area contributed by atoms with Crippen molar-refractivity contribution >= 4 is 16.0 Å². The fourth-order valence-electron chi connectivity index (χ4n) is 0.983. The molecule has 0 saturated heterocycles. The number of hydrogen-bond acceptors (Lipinski definition) is 4. The third kappa shape index (κ3) is 1.70. The fourth-order valence-corrected chi connectivity index (χ4v) is 1.72. The maximum atomic E-state index is 10.8. The molecule has 1 aromatic rings. The van der Waals surface area contributed by atoms with Gasteiger partial charge in [-0.05, 0) is 12.1 Å². The van der Waals surface area contributed by atoms with E-state index in [0.717, 1.165) is 16.7 Å². The van der Waals surface area contributed by atoms with Gasteiger partial charge in [-0.25, -0.2) is 13.6 Å². The zero-order chi connectivity index (χ0) is 10.2. The van der Waals surface area contributed by atoms with Gasteiger partial charge in [-0.1, -0.05) is 0 Å². The minimum Gasteiger partial charge on any atom is -0.543 e. The molecule has 1 rings (SSSR count). The van der Waals surface area contributed by atoms with E-state index in [-0.39, 0.29) is 10.7 Å². The molecule has 0 radical (unpaired) electrons. The maximum absolute atomic E-state index is 10.8. The number of carboxylic acids is 1. The van der Waals surface area contributed by atoms with Gasteiger partial charge in [0.1, 0.15) is 0 Å². The van der Waals surface area contributed by atoms with E-state index >= 15 is 0 Å². The average Bonchev–Trinajstić information content (AvgIpc) is 2.28. The summed E-state index contributed by atoms with van der Waals surface area (Å²) < 4.78 is 22.6. The topological polar surface area (TPSA) is 105 Å². The summed E-state index contributed by atoms with van der Waals surface area (Å²) in [6.07, 6.45) is 0. The zero-order valence-electron chi connectivity index (χ0n) is 6.72. The Hall–Kier alpha value is -1.34. The highest BCUT2D eigenvalue weighted by atomic mass is 32.2. The second-order valence-electron chi connectivity index (χ2n) is 2.45. The molecule has 0 saturated carbocycles. The Bertz CT molecular complexity index is 445. The summed E-state index contributed by atoms with van der Waals surface area (Å²) in [5.74, 6) is -1.45. The first kappa shape index (κ1) is 9.75. The van der Waals surface area contributed by atoms with E-state index in [1.54, 1.807) is 0 Å². The Morgan fingerprint density at radius 3 is 2.31 bits per heavy atom. The normalized spacial score (nSPS) is 11.5. The summed E-state index contributed by atoms with van der Waals surface area (Å²) in [5, 5.41) is 14.9. The minimum atomic E-state index is -3.87. The lowest BCUT2D eigenvalue weighted by Gasteiger charge is -2.05. The zero-order valence-corrected chi connectivity index (χ0v) is 7.54. The number of rotatable bonds is 2. The predicted octanol–water partition coefficient (Wildman–Crippen LogP) is -1.96. The van der Waals surface area contributed by atoms with Gasteiger partial charge in [0.15, 0.2) is 5.03 Å². The van der Waals surface area contributed by atoms with Crippen LogP contribution in [0.5, 0.6) is 0 Å². The number of sulfonamides is 1. The molecule has 0 aromatic carbocycles. The summed E-state index contributed by atoms with van der Waals surface area (Å²) in [5.41, 5.74) is -0.232. The number of carbonyl (C=O) groups is 1. The van der Waals surface area contributed by atoms with Crippen molar-refractivity contribution in [2.24, 2.45) is 12.2 Å². The van der Waals surface area contributed by atoms with Crippen molar-refractivity contribution in [1.82, 2.24) is 4.57 Å². The number of carboxylic acid groups (broad SMARTS) is 1. The molecule has 7 heteroatoms. The van der Waals surface area contributed by atoms with Gasteiger partial charge >= 0.3 is 0 Å². The van der Waals surface area contributed by atoms with Crippen molar-refractivity contribution in [3.63, 3.8) is 0 Å². The lowest BCUT2D eigenvalue weighted by molar-refractivity contribution is -0.255. The monoisotopic (exact) mass is 203 g/mol. The lowest BCUT2D eigenvalue weighted by atomic mass is 10.4. The molecule has 1 heterocycles. The van der Waals surface area contributed by atoms with Gasteiger partial charge in [0.05, 0.1) is 11.7 Å². The molecular formula is C6H7N2O4S-. The van der Waals surface area contributed by atoms with E-state index in [2.05, 4.69) is 0 Å². The van der Waals surface area contributed by atoms with Crippen LogP contribution in [0.25, 0.3) is 0 Å². The molecule has 0 unspecified atom stereocenters. The van der Waals surface area contributed by atoms with Gasteiger partial charge in [0.25, 0.3) is 10.0 Å². The van der Waals surface area contributed by atoms with Crippen molar-refractivity contribution < 1.29 is 18.3 Å². The Balaban J connectivity index is 3.39. The molecule has 0 amide bonds. The largest absolute Gasteiger partial charge is 0.543 e. The highest BCUT2D eigenvalue weighted by Gasteiger charge is 2.14. The number of nitrogens with two attached hydrogens (primary N) is 1. The Morgan fingerprint density at radius 2 is 2.08 bits per heavy atom. The van der Waals surface area contributed by atoms with Crippen LogP contribution in [0.4, 0.5) is 0 Å². The van der Waals surface area contributed by atoms with Crippen molar-refractivity contribution in [1.29, 1.82) is 0 Å². The van der Waals surface area contributed by atoms with Crippen LogP contribution < -0.4 is 10.2 Å². The maximum Gasteiger partial charge on any atom is 0.253 e. The van der Waals surface area contributed by atoms with E-state index < -0.39 is 16.0 Å². The molecule has 2 N–H and O–H groups in total. The van der Waals surface area contributed by atoms with Crippen molar-refractivity contribution in [3.8, 4) is 0 Å². The summed E-state index contributed by atoms with van der Waals surface area (Å²) in [4.78, 5) is 10.4. The molecule has 1 aromatic heterocycles. The van der Waals surface area contributed by atoms with Gasteiger partial charge < -0.3 is 14.5 Å². The number of primary sulfonamides is 1. The van der Waals surface area contributed by atoms with Crippen LogP contribution in [0, 0.1) is 0 Å². The van der Waals surface area contributed by atoms with Crippen LogP contribution in [0.1, 0.15) is 10.5 Å². The van der Waals surface area contributed by atoms with Crippen LogP contribution in [0.2, 0.25) is 0 Å². The van der Waals surface area contributed by atoms with Gasteiger partial charge in [-0.15, -0.1) is 0 Å². The first-order chi connectivity index (χ1) is 5.84. The molecule has 0 aliphatic rings. The standard InChI is InChI=1S/C6H8N2O4S/c1-8-4(6(9)10)2-3-5(8)13(7,11)12/h2-3H,1H3,(H,9,10)(H2,7,11,12)/p-1. The number of aromatic carboxylic acids is 1. The second kappa shape index (κ2) is 2.86. The van der Waals surface area contributed by atoms with Crippen LogP contribution in [0.15, 0.2) is 17.2 Å². The third-order valence-electron chi connectivity index (χ3n) is 1.58. The van der Waals surface area contributed by atoms with Crippen molar-refractivity contribution in [2.45, 2.75) is 5.03 Å². The summed E-state index contributed by atoms with van der Waals surface area (Å²) in [7, 11) is -2.59. The molecule has 0 spiro atoms. The van der Waals surface area contributed by atoms with Crippen LogP contribution >= 0.6 is 0 Å². The fraction of sp³-hybridized carbons (Fsp3) is 0.167.